The fourth-order valence-corrected chi connectivity index (χ4v) is 3.30. The van der Waals surface area contributed by atoms with Crippen molar-refractivity contribution in [1.82, 2.24) is 9.80 Å². The van der Waals surface area contributed by atoms with Crippen LogP contribution in [0, 0.1) is 6.92 Å². The number of nitrogens with zero attached hydrogens (tertiary/aromatic N) is 2. The second-order valence-corrected chi connectivity index (χ2v) is 7.10. The summed E-state index contributed by atoms with van der Waals surface area (Å²) < 4.78 is 0. The van der Waals surface area contributed by atoms with E-state index in [4.69, 9.17) is 11.6 Å². The maximum absolute atomic E-state index is 12.5. The van der Waals surface area contributed by atoms with Crippen LogP contribution in [0.2, 0.25) is 5.02 Å². The summed E-state index contributed by atoms with van der Waals surface area (Å²) in [5.74, 6) is 0.224. The molecule has 0 aromatic heterocycles. The summed E-state index contributed by atoms with van der Waals surface area (Å²) in [5.41, 5.74) is 3.16. The van der Waals surface area contributed by atoms with Crippen LogP contribution < -0.4 is 0 Å². The Labute approximate surface area is 159 Å². The molecule has 1 aliphatic heterocycles. The highest BCUT2D eigenvalue weighted by Gasteiger charge is 2.24. The average Bonchev–Trinajstić information content (AvgIpc) is 2.65. The molecular weight excluding hydrogens is 348 g/mol. The van der Waals surface area contributed by atoms with Crippen LogP contribution in [-0.2, 0) is 22.4 Å². The molecule has 1 saturated heterocycles. The van der Waals surface area contributed by atoms with Crippen LogP contribution in [0.1, 0.15) is 16.7 Å². The van der Waals surface area contributed by atoms with Crippen molar-refractivity contribution < 1.29 is 9.59 Å². The Hall–Kier alpha value is -2.33. The number of halogens is 1. The average molecular weight is 371 g/mol. The number of carbonyl (C=O) groups is 2. The van der Waals surface area contributed by atoms with Gasteiger partial charge in [-0.15, -0.1) is 0 Å². The molecule has 5 heteroatoms. The van der Waals surface area contributed by atoms with Crippen molar-refractivity contribution in [2.75, 3.05) is 26.2 Å². The lowest BCUT2D eigenvalue weighted by molar-refractivity contribution is -0.138. The van der Waals surface area contributed by atoms with Gasteiger partial charge in [0.05, 0.1) is 12.8 Å². The molecule has 1 fully saturated rings. The lowest BCUT2D eigenvalue weighted by atomic mass is 10.1. The van der Waals surface area contributed by atoms with Gasteiger partial charge in [-0.25, -0.2) is 0 Å². The molecule has 0 atom stereocenters. The molecule has 0 saturated carbocycles. The third-order valence-electron chi connectivity index (χ3n) is 4.86. The zero-order valence-corrected chi connectivity index (χ0v) is 15.7. The Morgan fingerprint density at radius 1 is 0.846 bits per heavy atom. The molecule has 0 unspecified atom stereocenters. The summed E-state index contributed by atoms with van der Waals surface area (Å²) in [6.07, 6.45) is 0.791. The van der Waals surface area contributed by atoms with Gasteiger partial charge in [-0.1, -0.05) is 48.0 Å². The first-order chi connectivity index (χ1) is 12.5. The van der Waals surface area contributed by atoms with E-state index in [2.05, 4.69) is 0 Å². The Balaban J connectivity index is 1.50. The third kappa shape index (κ3) is 4.64. The number of aryl methyl sites for hydroxylation is 1. The standard InChI is InChI=1S/C21H23ClN2O2/c1-16-4-2-3-5-18(16)15-21(26)24-12-10-23(11-13-24)20(25)14-17-6-8-19(22)9-7-17/h2-9H,10-15H2,1H3. The highest BCUT2D eigenvalue weighted by molar-refractivity contribution is 6.30. The van der Waals surface area contributed by atoms with Crippen LogP contribution in [0.15, 0.2) is 48.5 Å². The normalized spacial score (nSPS) is 14.4. The van der Waals surface area contributed by atoms with Gasteiger partial charge in [-0.05, 0) is 35.7 Å². The predicted molar refractivity (Wildman–Crippen MR) is 103 cm³/mol. The molecule has 136 valence electrons. The molecule has 0 bridgehead atoms. The second-order valence-electron chi connectivity index (χ2n) is 6.67. The molecule has 0 spiro atoms. The minimum absolute atomic E-state index is 0.0957. The Morgan fingerprint density at radius 3 is 1.96 bits per heavy atom. The summed E-state index contributed by atoms with van der Waals surface area (Å²) in [4.78, 5) is 28.7. The maximum Gasteiger partial charge on any atom is 0.227 e. The fraction of sp³-hybridized carbons (Fsp3) is 0.333. The summed E-state index contributed by atoms with van der Waals surface area (Å²) in [6.45, 7) is 4.39. The van der Waals surface area contributed by atoms with E-state index in [1.54, 1.807) is 12.1 Å². The van der Waals surface area contributed by atoms with Gasteiger partial charge in [0.25, 0.3) is 0 Å². The molecule has 0 N–H and O–H groups in total. The van der Waals surface area contributed by atoms with Crippen LogP contribution in [-0.4, -0.2) is 47.8 Å². The molecule has 4 nitrogen and oxygen atoms in total. The van der Waals surface area contributed by atoms with Crippen molar-refractivity contribution in [3.05, 3.63) is 70.2 Å². The highest BCUT2D eigenvalue weighted by atomic mass is 35.5. The van der Waals surface area contributed by atoms with Gasteiger partial charge in [0.15, 0.2) is 0 Å². The van der Waals surface area contributed by atoms with Gasteiger partial charge < -0.3 is 9.80 Å². The van der Waals surface area contributed by atoms with Crippen molar-refractivity contribution >= 4 is 23.4 Å². The number of hydrogen-bond donors (Lipinski definition) is 0. The summed E-state index contributed by atoms with van der Waals surface area (Å²) in [7, 11) is 0. The Kier molecular flexibility index (Phi) is 5.94. The minimum atomic E-state index is 0.0957. The Bertz CT molecular complexity index is 781. The van der Waals surface area contributed by atoms with Crippen LogP contribution in [0.25, 0.3) is 0 Å². The molecule has 1 heterocycles. The number of carbonyl (C=O) groups excluding carboxylic acids is 2. The van der Waals surface area contributed by atoms with Gasteiger partial charge >= 0.3 is 0 Å². The van der Waals surface area contributed by atoms with Gasteiger partial charge in [-0.3, -0.25) is 9.59 Å². The van der Waals surface area contributed by atoms with E-state index in [0.717, 1.165) is 16.7 Å². The second kappa shape index (κ2) is 8.37. The molecule has 0 aliphatic carbocycles. The number of amides is 2. The highest BCUT2D eigenvalue weighted by Crippen LogP contribution is 2.13. The molecule has 0 radical (unpaired) electrons. The number of piperazine rings is 1. The van der Waals surface area contributed by atoms with Crippen molar-refractivity contribution in [3.63, 3.8) is 0 Å². The summed E-state index contributed by atoms with van der Waals surface area (Å²) >= 11 is 5.88. The molecule has 2 aromatic carbocycles. The molecule has 3 rings (SSSR count). The van der Waals surface area contributed by atoms with Crippen LogP contribution in [0.4, 0.5) is 0 Å². The van der Waals surface area contributed by atoms with Crippen molar-refractivity contribution in [1.29, 1.82) is 0 Å². The van der Waals surface area contributed by atoms with Crippen LogP contribution in [0.3, 0.4) is 0 Å². The predicted octanol–water partition coefficient (Wildman–Crippen LogP) is 3.10. The smallest absolute Gasteiger partial charge is 0.227 e. The van der Waals surface area contributed by atoms with Gasteiger partial charge in [0.2, 0.25) is 11.8 Å². The maximum atomic E-state index is 12.5. The van der Waals surface area contributed by atoms with E-state index in [0.29, 0.717) is 44.0 Å². The molecule has 2 amide bonds. The van der Waals surface area contributed by atoms with E-state index < -0.39 is 0 Å². The Morgan fingerprint density at radius 2 is 1.38 bits per heavy atom. The first-order valence-electron chi connectivity index (χ1n) is 8.87. The van der Waals surface area contributed by atoms with Crippen LogP contribution >= 0.6 is 11.6 Å². The molecule has 26 heavy (non-hydrogen) atoms. The zero-order valence-electron chi connectivity index (χ0n) is 15.0. The van der Waals surface area contributed by atoms with E-state index >= 15 is 0 Å². The SMILES string of the molecule is Cc1ccccc1CC(=O)N1CCN(C(=O)Cc2ccc(Cl)cc2)CC1. The van der Waals surface area contributed by atoms with Gasteiger partial charge in [0.1, 0.15) is 0 Å². The van der Waals surface area contributed by atoms with Crippen molar-refractivity contribution in [2.45, 2.75) is 19.8 Å². The van der Waals surface area contributed by atoms with Gasteiger partial charge in [-0.2, -0.15) is 0 Å². The lowest BCUT2D eigenvalue weighted by Crippen LogP contribution is -2.51. The topological polar surface area (TPSA) is 40.6 Å². The van der Waals surface area contributed by atoms with E-state index in [1.807, 2.05) is 53.1 Å². The first kappa shape index (κ1) is 18.5. The monoisotopic (exact) mass is 370 g/mol. The minimum Gasteiger partial charge on any atom is -0.339 e. The quantitative estimate of drug-likeness (QED) is 0.829. The zero-order chi connectivity index (χ0) is 18.5. The number of benzene rings is 2. The van der Waals surface area contributed by atoms with Crippen LogP contribution in [0.5, 0.6) is 0 Å². The van der Waals surface area contributed by atoms with Gasteiger partial charge in [0, 0.05) is 31.2 Å². The summed E-state index contributed by atoms with van der Waals surface area (Å²) in [6, 6.07) is 15.3. The number of rotatable bonds is 4. The molecular formula is C21H23ClN2O2. The molecule has 1 aliphatic rings. The van der Waals surface area contributed by atoms with E-state index in [9.17, 15) is 9.59 Å². The first-order valence-corrected chi connectivity index (χ1v) is 9.25. The van der Waals surface area contributed by atoms with Crippen molar-refractivity contribution in [3.8, 4) is 0 Å². The lowest BCUT2D eigenvalue weighted by Gasteiger charge is -2.35. The van der Waals surface area contributed by atoms with Crippen molar-refractivity contribution in [2.24, 2.45) is 0 Å². The molecule has 2 aromatic rings. The summed E-state index contributed by atoms with van der Waals surface area (Å²) in [5, 5.41) is 0.668. The van der Waals surface area contributed by atoms with E-state index in [1.165, 1.54) is 0 Å². The largest absolute Gasteiger partial charge is 0.339 e. The fourth-order valence-electron chi connectivity index (χ4n) is 3.18. The van der Waals surface area contributed by atoms with E-state index in [-0.39, 0.29) is 11.8 Å². The third-order valence-corrected chi connectivity index (χ3v) is 5.11. The number of hydrogen-bond acceptors (Lipinski definition) is 2.